The Kier molecular flexibility index (Phi) is 6.21. The van der Waals surface area contributed by atoms with Gasteiger partial charge in [-0.3, -0.25) is 9.59 Å². The highest BCUT2D eigenvalue weighted by molar-refractivity contribution is 6.11. The van der Waals surface area contributed by atoms with E-state index in [-0.39, 0.29) is 35.2 Å². The number of benzene rings is 1. The number of carbonyl (C=O) groups is 2. The third-order valence-electron chi connectivity index (χ3n) is 7.33. The summed E-state index contributed by atoms with van der Waals surface area (Å²) in [4.78, 5) is 31.1. The van der Waals surface area contributed by atoms with Gasteiger partial charge < -0.3 is 24.4 Å². The summed E-state index contributed by atoms with van der Waals surface area (Å²) in [5.74, 6) is 1.07. The van der Waals surface area contributed by atoms with Crippen molar-refractivity contribution in [3.8, 4) is 11.5 Å². The lowest BCUT2D eigenvalue weighted by Crippen LogP contribution is -2.43. The van der Waals surface area contributed by atoms with Crippen LogP contribution in [0.5, 0.6) is 11.5 Å². The number of ketones is 1. The molecule has 1 aliphatic carbocycles. The molecule has 174 valence electrons. The molecule has 1 fully saturated rings. The van der Waals surface area contributed by atoms with Crippen molar-refractivity contribution in [3.05, 3.63) is 35.1 Å². The molecule has 1 N–H and O–H groups in total. The molecule has 1 saturated carbocycles. The summed E-state index contributed by atoms with van der Waals surface area (Å²) in [6.07, 6.45) is 2.12. The molecule has 4 rings (SSSR count). The van der Waals surface area contributed by atoms with Crippen molar-refractivity contribution in [3.63, 3.8) is 0 Å². The molecule has 1 aromatic carbocycles. The number of hydrogen-bond acceptors (Lipinski definition) is 6. The van der Waals surface area contributed by atoms with E-state index in [2.05, 4.69) is 18.7 Å². The van der Waals surface area contributed by atoms with E-state index in [9.17, 15) is 14.7 Å². The van der Waals surface area contributed by atoms with Crippen LogP contribution in [0.1, 0.15) is 44.7 Å². The fourth-order valence-electron chi connectivity index (χ4n) is 5.31. The van der Waals surface area contributed by atoms with Crippen LogP contribution in [-0.2, 0) is 14.3 Å². The second kappa shape index (κ2) is 8.77. The molecule has 3 aliphatic rings. The fourth-order valence-corrected chi connectivity index (χ4v) is 5.31. The molecule has 7 heteroatoms. The summed E-state index contributed by atoms with van der Waals surface area (Å²) in [6.45, 7) is 5.72. The van der Waals surface area contributed by atoms with Gasteiger partial charge in [-0.1, -0.05) is 19.9 Å². The molecule has 5 atom stereocenters. The summed E-state index contributed by atoms with van der Waals surface area (Å²) < 4.78 is 11.6. The second-order valence-electron chi connectivity index (χ2n) is 9.79. The van der Waals surface area contributed by atoms with Gasteiger partial charge in [0.05, 0.1) is 24.6 Å². The zero-order valence-electron chi connectivity index (χ0n) is 19.6. The van der Waals surface area contributed by atoms with E-state index >= 15 is 0 Å². The van der Waals surface area contributed by atoms with E-state index < -0.39 is 6.04 Å². The van der Waals surface area contributed by atoms with Crippen LogP contribution in [0.25, 0.3) is 0 Å². The Hall–Kier alpha value is -2.54. The Morgan fingerprint density at radius 1 is 1.19 bits per heavy atom. The van der Waals surface area contributed by atoms with Crippen molar-refractivity contribution in [2.24, 2.45) is 17.8 Å². The SMILES string of the molecule is COc1cc(C2C3=C(OC4CC(C)C(C)CC4C3=O)C(=O)N2CCCN(C)C)ccc1O. The highest BCUT2D eigenvalue weighted by atomic mass is 16.5. The number of carbonyl (C=O) groups excluding carboxylic acids is 2. The van der Waals surface area contributed by atoms with E-state index in [0.717, 1.165) is 31.4 Å². The van der Waals surface area contributed by atoms with Crippen molar-refractivity contribution >= 4 is 11.7 Å². The van der Waals surface area contributed by atoms with Crippen LogP contribution in [0, 0.1) is 17.8 Å². The van der Waals surface area contributed by atoms with Crippen LogP contribution in [0.15, 0.2) is 29.5 Å². The second-order valence-corrected chi connectivity index (χ2v) is 9.79. The maximum atomic E-state index is 13.8. The Labute approximate surface area is 190 Å². The van der Waals surface area contributed by atoms with Gasteiger partial charge in [0.2, 0.25) is 0 Å². The molecule has 0 aromatic heterocycles. The molecule has 1 aromatic rings. The topological polar surface area (TPSA) is 79.3 Å². The van der Waals surface area contributed by atoms with Crippen LogP contribution >= 0.6 is 0 Å². The summed E-state index contributed by atoms with van der Waals surface area (Å²) in [5, 5.41) is 10.1. The Morgan fingerprint density at radius 2 is 1.91 bits per heavy atom. The Morgan fingerprint density at radius 3 is 2.59 bits per heavy atom. The monoisotopic (exact) mass is 442 g/mol. The van der Waals surface area contributed by atoms with E-state index in [1.807, 2.05) is 14.1 Å². The average molecular weight is 443 g/mol. The smallest absolute Gasteiger partial charge is 0.290 e. The third-order valence-corrected chi connectivity index (χ3v) is 7.33. The first-order valence-electron chi connectivity index (χ1n) is 11.5. The van der Waals surface area contributed by atoms with Gasteiger partial charge in [0.25, 0.3) is 5.91 Å². The molecule has 0 radical (unpaired) electrons. The normalized spacial score (nSPS) is 29.8. The molecule has 0 bridgehead atoms. The zero-order valence-corrected chi connectivity index (χ0v) is 19.6. The number of aromatic hydroxyl groups is 1. The van der Waals surface area contributed by atoms with Gasteiger partial charge in [-0.25, -0.2) is 0 Å². The van der Waals surface area contributed by atoms with Crippen LogP contribution in [0.4, 0.5) is 0 Å². The summed E-state index contributed by atoms with van der Waals surface area (Å²) in [6, 6.07) is 4.50. The number of fused-ring (bicyclic) bond motifs is 1. The first-order chi connectivity index (χ1) is 15.2. The first-order valence-corrected chi connectivity index (χ1v) is 11.5. The molecular formula is C25H34N2O5. The molecule has 0 saturated heterocycles. The number of hydrogen-bond donors (Lipinski definition) is 1. The minimum atomic E-state index is -0.530. The van der Waals surface area contributed by atoms with Crippen molar-refractivity contribution in [2.45, 2.75) is 45.3 Å². The van der Waals surface area contributed by atoms with E-state index in [1.54, 1.807) is 23.1 Å². The van der Waals surface area contributed by atoms with Crippen LogP contribution < -0.4 is 4.74 Å². The van der Waals surface area contributed by atoms with Crippen molar-refractivity contribution in [1.29, 1.82) is 0 Å². The van der Waals surface area contributed by atoms with Crippen LogP contribution in [0.3, 0.4) is 0 Å². The number of phenolic OH excluding ortho intramolecular Hbond substituents is 1. The van der Waals surface area contributed by atoms with Gasteiger partial charge >= 0.3 is 0 Å². The number of phenols is 1. The van der Waals surface area contributed by atoms with Crippen LogP contribution in [-0.4, -0.2) is 67.0 Å². The predicted octanol–water partition coefficient (Wildman–Crippen LogP) is 3.14. The standard InChI is InChI=1S/C25H34N2O5/c1-14-11-17-19(12-15(14)2)32-24-21(23(17)29)22(16-7-8-18(28)20(13-16)31-5)27(25(24)30)10-6-9-26(3)4/h7-8,13-15,17,19,22,28H,6,9-12H2,1-5H3. The Bertz CT molecular complexity index is 940. The molecule has 32 heavy (non-hydrogen) atoms. The molecule has 7 nitrogen and oxygen atoms in total. The van der Waals surface area contributed by atoms with Gasteiger partial charge in [0.1, 0.15) is 6.10 Å². The third kappa shape index (κ3) is 3.87. The number of nitrogens with zero attached hydrogens (tertiary/aromatic N) is 2. The summed E-state index contributed by atoms with van der Waals surface area (Å²) >= 11 is 0. The number of rotatable bonds is 6. The lowest BCUT2D eigenvalue weighted by molar-refractivity contribution is -0.137. The predicted molar refractivity (Wildman–Crippen MR) is 120 cm³/mol. The number of ether oxygens (including phenoxy) is 2. The number of Topliss-reactive ketones (excluding diaryl/α,β-unsaturated/α-hetero) is 1. The largest absolute Gasteiger partial charge is 0.504 e. The van der Waals surface area contributed by atoms with E-state index in [1.165, 1.54) is 7.11 Å². The van der Waals surface area contributed by atoms with Gasteiger partial charge in [0.15, 0.2) is 23.0 Å². The number of amides is 1. The molecule has 0 spiro atoms. The maximum Gasteiger partial charge on any atom is 0.290 e. The molecule has 2 aliphatic heterocycles. The summed E-state index contributed by atoms with van der Waals surface area (Å²) in [7, 11) is 5.48. The van der Waals surface area contributed by atoms with Gasteiger partial charge in [0, 0.05) is 6.54 Å². The lowest BCUT2D eigenvalue weighted by Gasteiger charge is -2.40. The number of methoxy groups -OCH3 is 1. The average Bonchev–Trinajstić information content (AvgIpc) is 3.02. The zero-order chi connectivity index (χ0) is 23.2. The van der Waals surface area contributed by atoms with Crippen molar-refractivity contribution in [2.75, 3.05) is 34.3 Å². The quantitative estimate of drug-likeness (QED) is 0.729. The first kappa shape index (κ1) is 22.6. The molecule has 5 unspecified atom stereocenters. The van der Waals surface area contributed by atoms with Gasteiger partial charge in [-0.2, -0.15) is 0 Å². The minimum Gasteiger partial charge on any atom is -0.504 e. The molecule has 2 heterocycles. The Balaban J connectivity index is 1.74. The minimum absolute atomic E-state index is 0.0234. The van der Waals surface area contributed by atoms with Crippen molar-refractivity contribution in [1.82, 2.24) is 9.80 Å². The van der Waals surface area contributed by atoms with E-state index in [0.29, 0.717) is 29.7 Å². The highest BCUT2D eigenvalue weighted by Gasteiger charge is 2.53. The molecular weight excluding hydrogens is 408 g/mol. The van der Waals surface area contributed by atoms with Gasteiger partial charge in [-0.05, 0) is 69.4 Å². The van der Waals surface area contributed by atoms with Crippen LogP contribution in [0.2, 0.25) is 0 Å². The lowest BCUT2D eigenvalue weighted by atomic mass is 9.70. The fraction of sp³-hybridized carbons (Fsp3) is 0.600. The highest BCUT2D eigenvalue weighted by Crippen LogP contribution is 2.49. The molecule has 1 amide bonds. The van der Waals surface area contributed by atoms with E-state index in [4.69, 9.17) is 9.47 Å². The van der Waals surface area contributed by atoms with Crippen molar-refractivity contribution < 1.29 is 24.2 Å². The summed E-state index contributed by atoms with van der Waals surface area (Å²) in [5.41, 5.74) is 1.21. The maximum absolute atomic E-state index is 13.8. The van der Waals surface area contributed by atoms with Gasteiger partial charge in [-0.15, -0.1) is 0 Å².